The highest BCUT2D eigenvalue weighted by molar-refractivity contribution is 7.92. The molecule has 0 saturated heterocycles. The van der Waals surface area contributed by atoms with Crippen LogP contribution in [0.4, 0.5) is 10.1 Å². The highest BCUT2D eigenvalue weighted by atomic mass is 35.5. The van der Waals surface area contributed by atoms with Gasteiger partial charge in [-0.25, -0.2) is 12.8 Å². The van der Waals surface area contributed by atoms with Crippen molar-refractivity contribution in [2.75, 3.05) is 23.7 Å². The highest BCUT2D eigenvalue weighted by Gasteiger charge is 2.33. The molecule has 1 atom stereocenters. The summed E-state index contributed by atoms with van der Waals surface area (Å²) in [6, 6.07) is 20.2. The first-order chi connectivity index (χ1) is 18.6. The standard InChI is InChI=1S/C29H33ClFN3O4S/c1-3-4-18-32-29(36)27(19-22-10-6-5-7-11-22)33(20-23-12-8-9-13-26(23)31)28(35)21-34(39(2,37)38)25-16-14-24(30)15-17-25/h5-17,27H,3-4,18-21H2,1-2H3,(H,32,36). The summed E-state index contributed by atoms with van der Waals surface area (Å²) in [4.78, 5) is 28.7. The zero-order chi connectivity index (χ0) is 28.4. The van der Waals surface area contributed by atoms with E-state index in [1.807, 2.05) is 37.3 Å². The zero-order valence-electron chi connectivity index (χ0n) is 22.0. The number of hydrogen-bond donors (Lipinski definition) is 1. The van der Waals surface area contributed by atoms with Gasteiger partial charge in [0.05, 0.1) is 11.9 Å². The highest BCUT2D eigenvalue weighted by Crippen LogP contribution is 2.22. The molecule has 0 fully saturated rings. The first-order valence-electron chi connectivity index (χ1n) is 12.7. The van der Waals surface area contributed by atoms with Crippen molar-refractivity contribution in [3.05, 3.63) is 101 Å². The van der Waals surface area contributed by atoms with Gasteiger partial charge in [-0.3, -0.25) is 13.9 Å². The maximum absolute atomic E-state index is 14.8. The van der Waals surface area contributed by atoms with Crippen molar-refractivity contribution >= 4 is 39.1 Å². The third-order valence-corrected chi connectivity index (χ3v) is 7.59. The van der Waals surface area contributed by atoms with Gasteiger partial charge in [0.25, 0.3) is 0 Å². The van der Waals surface area contributed by atoms with E-state index in [1.54, 1.807) is 6.07 Å². The number of sulfonamides is 1. The maximum atomic E-state index is 14.8. The normalized spacial score (nSPS) is 12.0. The van der Waals surface area contributed by atoms with Crippen molar-refractivity contribution in [3.63, 3.8) is 0 Å². The number of nitrogens with one attached hydrogen (secondary N) is 1. The lowest BCUT2D eigenvalue weighted by Gasteiger charge is -2.33. The van der Waals surface area contributed by atoms with Crippen LogP contribution in [0.2, 0.25) is 5.02 Å². The molecule has 0 aliphatic carbocycles. The van der Waals surface area contributed by atoms with Gasteiger partial charge >= 0.3 is 0 Å². The molecule has 39 heavy (non-hydrogen) atoms. The molecular formula is C29H33ClFN3O4S. The molecule has 0 aromatic heterocycles. The number of hydrogen-bond acceptors (Lipinski definition) is 4. The number of benzene rings is 3. The number of carbonyl (C=O) groups excluding carboxylic acids is 2. The summed E-state index contributed by atoms with van der Waals surface area (Å²) in [7, 11) is -3.89. The van der Waals surface area contributed by atoms with Crippen LogP contribution in [-0.4, -0.2) is 50.5 Å². The van der Waals surface area contributed by atoms with Crippen molar-refractivity contribution < 1.29 is 22.4 Å². The average Bonchev–Trinajstić information content (AvgIpc) is 2.91. The molecule has 0 aliphatic heterocycles. The smallest absolute Gasteiger partial charge is 0.244 e. The van der Waals surface area contributed by atoms with E-state index >= 15 is 0 Å². The Morgan fingerprint density at radius 3 is 2.23 bits per heavy atom. The van der Waals surface area contributed by atoms with Crippen LogP contribution in [0, 0.1) is 5.82 Å². The fourth-order valence-electron chi connectivity index (χ4n) is 4.09. The van der Waals surface area contributed by atoms with Gasteiger partial charge in [-0.05, 0) is 42.3 Å². The number of anilines is 1. The predicted octanol–water partition coefficient (Wildman–Crippen LogP) is 4.80. The van der Waals surface area contributed by atoms with E-state index in [9.17, 15) is 22.4 Å². The number of nitrogens with zero attached hydrogens (tertiary/aromatic N) is 2. The van der Waals surface area contributed by atoms with Gasteiger partial charge in [0, 0.05) is 30.1 Å². The molecule has 0 radical (unpaired) electrons. The SMILES string of the molecule is CCCCNC(=O)C(Cc1ccccc1)N(Cc1ccccc1F)C(=O)CN(c1ccc(Cl)cc1)S(C)(=O)=O. The topological polar surface area (TPSA) is 86.8 Å². The van der Waals surface area contributed by atoms with Gasteiger partial charge in [-0.2, -0.15) is 0 Å². The lowest BCUT2D eigenvalue weighted by Crippen LogP contribution is -2.53. The Bertz CT molecular complexity index is 1350. The number of carbonyl (C=O) groups is 2. The molecule has 3 rings (SSSR count). The largest absolute Gasteiger partial charge is 0.354 e. The number of halogens is 2. The van der Waals surface area contributed by atoms with Crippen LogP contribution >= 0.6 is 11.6 Å². The summed E-state index contributed by atoms with van der Waals surface area (Å²) >= 11 is 5.97. The Morgan fingerprint density at radius 1 is 0.974 bits per heavy atom. The second-order valence-corrected chi connectivity index (χ2v) is 11.6. The van der Waals surface area contributed by atoms with Gasteiger partial charge in [0.15, 0.2) is 0 Å². The van der Waals surface area contributed by atoms with Crippen molar-refractivity contribution in [2.45, 2.75) is 38.8 Å². The van der Waals surface area contributed by atoms with E-state index < -0.39 is 40.2 Å². The van der Waals surface area contributed by atoms with Crippen LogP contribution in [0.1, 0.15) is 30.9 Å². The number of amides is 2. The molecule has 1 N–H and O–H groups in total. The predicted molar refractivity (Wildman–Crippen MR) is 152 cm³/mol. The quantitative estimate of drug-likeness (QED) is 0.298. The zero-order valence-corrected chi connectivity index (χ0v) is 23.6. The summed E-state index contributed by atoms with van der Waals surface area (Å²) in [6.45, 7) is 1.62. The van der Waals surface area contributed by atoms with E-state index in [-0.39, 0.29) is 24.2 Å². The molecule has 0 aliphatic rings. The van der Waals surface area contributed by atoms with Gasteiger partial charge < -0.3 is 10.2 Å². The summed E-state index contributed by atoms with van der Waals surface area (Å²) in [5.41, 5.74) is 1.26. The number of rotatable bonds is 13. The van der Waals surface area contributed by atoms with Gasteiger partial charge in [0.2, 0.25) is 21.8 Å². The van der Waals surface area contributed by atoms with E-state index in [1.165, 1.54) is 47.4 Å². The fourth-order valence-corrected chi connectivity index (χ4v) is 5.07. The first-order valence-corrected chi connectivity index (χ1v) is 14.9. The summed E-state index contributed by atoms with van der Waals surface area (Å²) < 4.78 is 41.2. The van der Waals surface area contributed by atoms with Crippen molar-refractivity contribution in [3.8, 4) is 0 Å². The average molecular weight is 574 g/mol. The Balaban J connectivity index is 2.03. The van der Waals surface area contributed by atoms with Crippen LogP contribution < -0.4 is 9.62 Å². The fraction of sp³-hybridized carbons (Fsp3) is 0.310. The molecule has 0 bridgehead atoms. The Hall–Kier alpha value is -3.43. The Morgan fingerprint density at radius 2 is 1.62 bits per heavy atom. The van der Waals surface area contributed by atoms with E-state index in [4.69, 9.17) is 11.6 Å². The van der Waals surface area contributed by atoms with Gasteiger partial charge in [0.1, 0.15) is 18.4 Å². The second kappa shape index (κ2) is 14.1. The third kappa shape index (κ3) is 8.80. The lowest BCUT2D eigenvalue weighted by atomic mass is 10.0. The molecule has 3 aromatic carbocycles. The monoisotopic (exact) mass is 573 g/mol. The van der Waals surface area contributed by atoms with E-state index in [0.29, 0.717) is 11.6 Å². The molecule has 10 heteroatoms. The van der Waals surface area contributed by atoms with Crippen LogP contribution in [-0.2, 0) is 32.6 Å². The van der Waals surface area contributed by atoms with Crippen LogP contribution in [0.25, 0.3) is 0 Å². The van der Waals surface area contributed by atoms with Crippen molar-refractivity contribution in [1.29, 1.82) is 0 Å². The summed E-state index contributed by atoms with van der Waals surface area (Å²) in [5, 5.41) is 3.30. The minimum atomic E-state index is -3.89. The molecule has 2 amide bonds. The second-order valence-electron chi connectivity index (χ2n) is 9.21. The third-order valence-electron chi connectivity index (χ3n) is 6.19. The van der Waals surface area contributed by atoms with Gasteiger partial charge in [-0.1, -0.05) is 73.5 Å². The van der Waals surface area contributed by atoms with Crippen LogP contribution in [0.3, 0.4) is 0 Å². The Kier molecular flexibility index (Phi) is 10.9. The minimum absolute atomic E-state index is 0.165. The summed E-state index contributed by atoms with van der Waals surface area (Å²) in [5.74, 6) is -1.57. The molecule has 0 saturated carbocycles. The first kappa shape index (κ1) is 30.1. The molecule has 208 valence electrons. The van der Waals surface area contributed by atoms with Crippen LogP contribution in [0.15, 0.2) is 78.9 Å². The minimum Gasteiger partial charge on any atom is -0.354 e. The molecule has 3 aromatic rings. The van der Waals surface area contributed by atoms with Crippen LogP contribution in [0.5, 0.6) is 0 Å². The Labute approximate surface area is 234 Å². The molecule has 0 spiro atoms. The molecular weight excluding hydrogens is 541 g/mol. The van der Waals surface area contributed by atoms with E-state index in [2.05, 4.69) is 5.32 Å². The van der Waals surface area contributed by atoms with E-state index in [0.717, 1.165) is 29.0 Å². The maximum Gasteiger partial charge on any atom is 0.244 e. The van der Waals surface area contributed by atoms with Gasteiger partial charge in [-0.15, -0.1) is 0 Å². The lowest BCUT2D eigenvalue weighted by molar-refractivity contribution is -0.140. The summed E-state index contributed by atoms with van der Waals surface area (Å²) in [6.07, 6.45) is 2.78. The number of unbranched alkanes of at least 4 members (excludes halogenated alkanes) is 1. The van der Waals surface area contributed by atoms with Crippen molar-refractivity contribution in [2.24, 2.45) is 0 Å². The molecule has 7 nitrogen and oxygen atoms in total. The van der Waals surface area contributed by atoms with Crippen molar-refractivity contribution in [1.82, 2.24) is 10.2 Å². The molecule has 1 unspecified atom stereocenters. The molecule has 0 heterocycles.